The van der Waals surface area contributed by atoms with Crippen LogP contribution in [-0.2, 0) is 6.54 Å². The Hall–Kier alpha value is -0.580. The van der Waals surface area contributed by atoms with Crippen LogP contribution in [0.2, 0.25) is 0 Å². The van der Waals surface area contributed by atoms with Crippen LogP contribution in [0.25, 0.3) is 0 Å². The number of likely N-dealkylation sites (tertiary alicyclic amines) is 1. The molecule has 106 valence electrons. The number of rotatable bonds is 4. The van der Waals surface area contributed by atoms with E-state index in [1.807, 2.05) is 6.07 Å². The minimum absolute atomic E-state index is 0.323. The number of methoxy groups -OCH3 is 1. The molecule has 0 amide bonds. The topological polar surface area (TPSA) is 38.5 Å². The summed E-state index contributed by atoms with van der Waals surface area (Å²) < 4.78 is 6.51. The maximum Gasteiger partial charge on any atom is 0.124 e. The van der Waals surface area contributed by atoms with Crippen LogP contribution in [0.1, 0.15) is 25.3 Å². The molecule has 1 aliphatic heterocycles. The fourth-order valence-electron chi connectivity index (χ4n) is 2.73. The summed E-state index contributed by atoms with van der Waals surface area (Å²) in [6.07, 6.45) is 2.41. The van der Waals surface area contributed by atoms with Crippen molar-refractivity contribution >= 4 is 15.9 Å². The second-order valence-electron chi connectivity index (χ2n) is 5.43. The highest BCUT2D eigenvalue weighted by Crippen LogP contribution is 2.27. The zero-order valence-electron chi connectivity index (χ0n) is 11.7. The molecule has 4 heteroatoms. The first kappa shape index (κ1) is 14.8. The third kappa shape index (κ3) is 3.94. The van der Waals surface area contributed by atoms with E-state index in [9.17, 15) is 0 Å². The monoisotopic (exact) mass is 326 g/mol. The Kier molecular flexibility index (Phi) is 5.25. The number of nitrogens with two attached hydrogens (primary N) is 1. The largest absolute Gasteiger partial charge is 0.496 e. The molecule has 0 bridgehead atoms. The second kappa shape index (κ2) is 6.73. The molecule has 3 nitrogen and oxygen atoms in total. The Morgan fingerprint density at radius 1 is 1.42 bits per heavy atom. The van der Waals surface area contributed by atoms with E-state index < -0.39 is 0 Å². The van der Waals surface area contributed by atoms with Crippen molar-refractivity contribution in [2.75, 3.05) is 20.2 Å². The molecule has 0 radical (unpaired) electrons. The summed E-state index contributed by atoms with van der Waals surface area (Å²) in [7, 11) is 1.73. The van der Waals surface area contributed by atoms with Gasteiger partial charge in [0, 0.05) is 22.6 Å². The van der Waals surface area contributed by atoms with E-state index in [1.54, 1.807) is 7.11 Å². The molecule has 0 spiro atoms. The number of benzene rings is 1. The Bertz CT molecular complexity index is 415. The predicted molar refractivity (Wildman–Crippen MR) is 82.3 cm³/mol. The Morgan fingerprint density at radius 3 is 2.68 bits per heavy atom. The van der Waals surface area contributed by atoms with Crippen LogP contribution in [-0.4, -0.2) is 31.1 Å². The highest BCUT2D eigenvalue weighted by Gasteiger charge is 2.22. The van der Waals surface area contributed by atoms with E-state index in [-0.39, 0.29) is 0 Å². The van der Waals surface area contributed by atoms with Crippen LogP contribution >= 0.6 is 15.9 Å². The number of nitrogens with zero attached hydrogens (tertiary/aromatic N) is 1. The normalized spacial score (nSPS) is 19.4. The average Bonchev–Trinajstić information content (AvgIpc) is 2.41. The lowest BCUT2D eigenvalue weighted by Crippen LogP contribution is -2.39. The van der Waals surface area contributed by atoms with Gasteiger partial charge in [0.25, 0.3) is 0 Å². The minimum Gasteiger partial charge on any atom is -0.496 e. The van der Waals surface area contributed by atoms with Gasteiger partial charge in [0.1, 0.15) is 5.75 Å². The fraction of sp³-hybridized carbons (Fsp3) is 0.600. The Morgan fingerprint density at radius 2 is 2.11 bits per heavy atom. The molecule has 2 rings (SSSR count). The highest BCUT2D eigenvalue weighted by atomic mass is 79.9. The molecule has 0 aliphatic carbocycles. The molecule has 1 aliphatic rings. The molecule has 2 N–H and O–H groups in total. The van der Waals surface area contributed by atoms with Crippen molar-refractivity contribution in [1.82, 2.24) is 4.90 Å². The smallest absolute Gasteiger partial charge is 0.124 e. The molecule has 1 aromatic rings. The Balaban J connectivity index is 1.95. The van der Waals surface area contributed by atoms with Crippen molar-refractivity contribution in [2.24, 2.45) is 11.7 Å². The highest BCUT2D eigenvalue weighted by molar-refractivity contribution is 9.10. The van der Waals surface area contributed by atoms with Gasteiger partial charge in [-0.1, -0.05) is 22.0 Å². The van der Waals surface area contributed by atoms with Crippen LogP contribution in [0.5, 0.6) is 5.75 Å². The summed E-state index contributed by atoms with van der Waals surface area (Å²) in [5.41, 5.74) is 7.24. The zero-order chi connectivity index (χ0) is 13.8. The summed E-state index contributed by atoms with van der Waals surface area (Å²) in [6, 6.07) is 6.57. The van der Waals surface area contributed by atoms with Gasteiger partial charge in [0.05, 0.1) is 7.11 Å². The van der Waals surface area contributed by atoms with Gasteiger partial charge in [-0.25, -0.2) is 0 Å². The zero-order valence-corrected chi connectivity index (χ0v) is 13.3. The van der Waals surface area contributed by atoms with E-state index in [0.717, 1.165) is 29.9 Å². The average molecular weight is 327 g/mol. The lowest BCUT2D eigenvalue weighted by atomic mass is 9.91. The molecule has 1 fully saturated rings. The summed E-state index contributed by atoms with van der Waals surface area (Å²) in [6.45, 7) is 5.34. The third-order valence-corrected chi connectivity index (χ3v) is 4.51. The molecule has 19 heavy (non-hydrogen) atoms. The van der Waals surface area contributed by atoms with E-state index in [4.69, 9.17) is 10.5 Å². The molecule has 1 atom stereocenters. The molecule has 1 saturated heterocycles. The van der Waals surface area contributed by atoms with Gasteiger partial charge >= 0.3 is 0 Å². The fourth-order valence-corrected chi connectivity index (χ4v) is 3.07. The first-order valence-corrected chi connectivity index (χ1v) is 7.70. The molecule has 0 aromatic heterocycles. The van der Waals surface area contributed by atoms with Crippen molar-refractivity contribution in [1.29, 1.82) is 0 Å². The molecule has 1 aromatic carbocycles. The molecule has 1 heterocycles. The van der Waals surface area contributed by atoms with Crippen LogP contribution in [0.3, 0.4) is 0 Å². The van der Waals surface area contributed by atoms with Gasteiger partial charge in [0.2, 0.25) is 0 Å². The molecule has 0 saturated carbocycles. The van der Waals surface area contributed by atoms with Gasteiger partial charge < -0.3 is 10.5 Å². The summed E-state index contributed by atoms with van der Waals surface area (Å²) in [4.78, 5) is 2.49. The van der Waals surface area contributed by atoms with E-state index in [0.29, 0.717) is 12.0 Å². The predicted octanol–water partition coefficient (Wildman–Crippen LogP) is 3.02. The van der Waals surface area contributed by atoms with Crippen molar-refractivity contribution in [3.63, 3.8) is 0 Å². The standard InChI is InChI=1S/C15H23BrN2O/c1-11(17)12-5-7-18(8-6-12)10-13-3-4-14(16)9-15(13)19-2/h3-4,9,11-12H,5-8,10,17H2,1-2H3. The van der Waals surface area contributed by atoms with Gasteiger partial charge in [-0.05, 0) is 50.9 Å². The molecule has 1 unspecified atom stereocenters. The van der Waals surface area contributed by atoms with Crippen molar-refractivity contribution < 1.29 is 4.74 Å². The number of ether oxygens (including phenoxy) is 1. The van der Waals surface area contributed by atoms with Gasteiger partial charge in [-0.15, -0.1) is 0 Å². The summed E-state index contributed by atoms with van der Waals surface area (Å²) in [5.74, 6) is 1.65. The lowest BCUT2D eigenvalue weighted by molar-refractivity contribution is 0.164. The second-order valence-corrected chi connectivity index (χ2v) is 6.34. The van der Waals surface area contributed by atoms with Gasteiger partial charge in [-0.3, -0.25) is 4.90 Å². The third-order valence-electron chi connectivity index (χ3n) is 4.02. The molecular weight excluding hydrogens is 304 g/mol. The van der Waals surface area contributed by atoms with E-state index in [2.05, 4.69) is 39.9 Å². The number of hydrogen-bond acceptors (Lipinski definition) is 3. The van der Waals surface area contributed by atoms with Crippen molar-refractivity contribution in [3.05, 3.63) is 28.2 Å². The summed E-state index contributed by atoms with van der Waals surface area (Å²) in [5, 5.41) is 0. The van der Waals surface area contributed by atoms with Crippen molar-refractivity contribution in [2.45, 2.75) is 32.4 Å². The van der Waals surface area contributed by atoms with Gasteiger partial charge in [0.15, 0.2) is 0 Å². The van der Waals surface area contributed by atoms with Crippen LogP contribution in [0, 0.1) is 5.92 Å². The maximum atomic E-state index is 5.98. The first-order valence-electron chi connectivity index (χ1n) is 6.90. The summed E-state index contributed by atoms with van der Waals surface area (Å²) >= 11 is 3.48. The minimum atomic E-state index is 0.323. The van der Waals surface area contributed by atoms with Gasteiger partial charge in [-0.2, -0.15) is 0 Å². The van der Waals surface area contributed by atoms with E-state index >= 15 is 0 Å². The SMILES string of the molecule is COc1cc(Br)ccc1CN1CCC(C(C)N)CC1. The van der Waals surface area contributed by atoms with Crippen LogP contribution < -0.4 is 10.5 Å². The quantitative estimate of drug-likeness (QED) is 0.924. The van der Waals surface area contributed by atoms with E-state index in [1.165, 1.54) is 18.4 Å². The molecular formula is C15H23BrN2O. The number of hydrogen-bond donors (Lipinski definition) is 1. The van der Waals surface area contributed by atoms with Crippen LogP contribution in [0.15, 0.2) is 22.7 Å². The number of halogens is 1. The van der Waals surface area contributed by atoms with Crippen molar-refractivity contribution in [3.8, 4) is 5.75 Å². The number of piperidine rings is 1. The lowest BCUT2D eigenvalue weighted by Gasteiger charge is -2.33. The first-order chi connectivity index (χ1) is 9.10. The Labute approximate surface area is 124 Å². The maximum absolute atomic E-state index is 5.98. The van der Waals surface area contributed by atoms with Crippen LogP contribution in [0.4, 0.5) is 0 Å².